The van der Waals surface area contributed by atoms with E-state index in [1.165, 1.54) is 22.3 Å². The normalized spacial score (nSPS) is 17.3. The number of fused-ring (bicyclic) bond motifs is 1. The Balaban J connectivity index is 1.53. The highest BCUT2D eigenvalue weighted by molar-refractivity contribution is 8.27. The molecule has 4 heterocycles. The van der Waals surface area contributed by atoms with Crippen LogP contribution in [0.15, 0.2) is 68.8 Å². The van der Waals surface area contributed by atoms with Gasteiger partial charge < -0.3 is 8.98 Å². The van der Waals surface area contributed by atoms with Crippen molar-refractivity contribution in [1.82, 2.24) is 9.58 Å². The van der Waals surface area contributed by atoms with E-state index >= 15 is 0 Å². The minimum Gasteiger partial charge on any atom is -0.462 e. The summed E-state index contributed by atoms with van der Waals surface area (Å²) < 4.78 is 7.53. The third-order valence-electron chi connectivity index (χ3n) is 5.22. The van der Waals surface area contributed by atoms with Crippen molar-refractivity contribution in [2.45, 2.75) is 20.8 Å². The van der Waals surface area contributed by atoms with Gasteiger partial charge in [0.1, 0.15) is 0 Å². The molecule has 8 heteroatoms. The molecule has 1 aromatic carbocycles. The van der Waals surface area contributed by atoms with Crippen molar-refractivity contribution >= 4 is 39.8 Å². The first kappa shape index (κ1) is 19.3. The lowest BCUT2D eigenvalue weighted by atomic mass is 10.1. The van der Waals surface area contributed by atoms with Gasteiger partial charge in [-0.15, -0.1) is 0 Å². The molecule has 0 spiro atoms. The van der Waals surface area contributed by atoms with E-state index in [2.05, 4.69) is 39.8 Å². The number of nitrogens with one attached hydrogen (secondary N) is 1. The number of aromatic nitrogens is 1. The molecule has 0 atom stereocenters. The molecule has 2 aliphatic heterocycles. The number of thioether (sulfide) groups is 1. The minimum absolute atomic E-state index is 0.00409. The van der Waals surface area contributed by atoms with Crippen molar-refractivity contribution in [3.8, 4) is 5.69 Å². The first-order chi connectivity index (χ1) is 14.9. The molecule has 31 heavy (non-hydrogen) atoms. The van der Waals surface area contributed by atoms with Gasteiger partial charge in [0.15, 0.2) is 16.6 Å². The predicted molar refractivity (Wildman–Crippen MR) is 123 cm³/mol. The second kappa shape index (κ2) is 7.24. The standard InChI is InChI=1S/C23H19N5O2S/c1-13-6-4-7-17(10-13)27-14(2)11-16(15(27)3)12-18-20(24)28-23(25-21(18)29)31-22(26-28)19-8-5-9-30-19/h4-12,24H,1-3H3. The van der Waals surface area contributed by atoms with Gasteiger partial charge in [-0.3, -0.25) is 10.2 Å². The molecule has 1 amide bonds. The maximum Gasteiger partial charge on any atom is 0.283 e. The molecule has 2 aliphatic rings. The van der Waals surface area contributed by atoms with Gasteiger partial charge >= 0.3 is 0 Å². The number of carbonyl (C=O) groups excluding carboxylic acids is 1. The van der Waals surface area contributed by atoms with Gasteiger partial charge in [0.05, 0.1) is 11.8 Å². The third kappa shape index (κ3) is 3.25. The first-order valence-electron chi connectivity index (χ1n) is 9.72. The molecule has 5 rings (SSSR count). The first-order valence-corrected chi connectivity index (χ1v) is 10.5. The van der Waals surface area contributed by atoms with Crippen LogP contribution < -0.4 is 0 Å². The van der Waals surface area contributed by atoms with Gasteiger partial charge in [-0.1, -0.05) is 12.1 Å². The van der Waals surface area contributed by atoms with E-state index in [9.17, 15) is 4.79 Å². The lowest BCUT2D eigenvalue weighted by Crippen LogP contribution is -2.35. The van der Waals surface area contributed by atoms with Gasteiger partial charge in [-0.2, -0.15) is 15.1 Å². The summed E-state index contributed by atoms with van der Waals surface area (Å²) in [5, 5.41) is 15.3. The number of furan rings is 1. The fraction of sp³-hybridized carbons (Fsp3) is 0.130. The highest BCUT2D eigenvalue weighted by atomic mass is 32.2. The highest BCUT2D eigenvalue weighted by Crippen LogP contribution is 2.32. The number of amidine groups is 2. The summed E-state index contributed by atoms with van der Waals surface area (Å²) in [7, 11) is 0. The van der Waals surface area contributed by atoms with Crippen LogP contribution in [0.25, 0.3) is 11.8 Å². The Morgan fingerprint density at radius 1 is 1.13 bits per heavy atom. The molecule has 7 nitrogen and oxygen atoms in total. The maximum atomic E-state index is 12.7. The number of aliphatic imine (C=N–C) groups is 1. The summed E-state index contributed by atoms with van der Waals surface area (Å²) >= 11 is 1.22. The molecular formula is C23H19N5O2S. The van der Waals surface area contributed by atoms with E-state index in [-0.39, 0.29) is 11.4 Å². The van der Waals surface area contributed by atoms with Crippen LogP contribution in [-0.4, -0.2) is 31.5 Å². The topological polar surface area (TPSA) is 86.9 Å². The molecule has 0 radical (unpaired) electrons. The van der Waals surface area contributed by atoms with Gasteiger partial charge in [0, 0.05) is 17.1 Å². The number of hydrogen-bond donors (Lipinski definition) is 1. The fourth-order valence-corrected chi connectivity index (χ4v) is 4.60. The van der Waals surface area contributed by atoms with Crippen molar-refractivity contribution in [3.05, 3.63) is 82.6 Å². The van der Waals surface area contributed by atoms with Crippen molar-refractivity contribution in [2.24, 2.45) is 10.1 Å². The lowest BCUT2D eigenvalue weighted by molar-refractivity contribution is -0.114. The van der Waals surface area contributed by atoms with Crippen molar-refractivity contribution in [2.75, 3.05) is 0 Å². The molecule has 0 saturated carbocycles. The number of amides is 1. The van der Waals surface area contributed by atoms with Crippen LogP contribution in [-0.2, 0) is 4.79 Å². The summed E-state index contributed by atoms with van der Waals surface area (Å²) in [4.78, 5) is 16.9. The lowest BCUT2D eigenvalue weighted by Gasteiger charge is -2.20. The summed E-state index contributed by atoms with van der Waals surface area (Å²) in [6.07, 6.45) is 3.29. The van der Waals surface area contributed by atoms with Crippen molar-refractivity contribution < 1.29 is 9.21 Å². The van der Waals surface area contributed by atoms with Gasteiger partial charge in [-0.25, -0.2) is 0 Å². The van der Waals surface area contributed by atoms with Crippen LogP contribution in [0.3, 0.4) is 0 Å². The van der Waals surface area contributed by atoms with E-state index in [0.717, 1.165) is 22.6 Å². The molecule has 0 fully saturated rings. The van der Waals surface area contributed by atoms with E-state index in [0.29, 0.717) is 16.0 Å². The van der Waals surface area contributed by atoms with Gasteiger partial charge in [-0.05, 0) is 80.1 Å². The smallest absolute Gasteiger partial charge is 0.283 e. The quantitative estimate of drug-likeness (QED) is 0.613. The monoisotopic (exact) mass is 429 g/mol. The molecular weight excluding hydrogens is 410 g/mol. The Bertz CT molecular complexity index is 1330. The third-order valence-corrected chi connectivity index (χ3v) is 6.14. The average Bonchev–Trinajstić information content (AvgIpc) is 3.45. The SMILES string of the molecule is Cc1cccc(-n2c(C)cc(C=C3C(=N)N4N=C(c5ccco5)SC4=NC3=O)c2C)c1. The van der Waals surface area contributed by atoms with Gasteiger partial charge in [0.25, 0.3) is 5.91 Å². The number of aryl methyl sites for hydroxylation is 2. The van der Waals surface area contributed by atoms with Crippen LogP contribution in [0, 0.1) is 26.2 Å². The molecule has 154 valence electrons. The van der Waals surface area contributed by atoms with Crippen LogP contribution in [0.1, 0.15) is 28.3 Å². The van der Waals surface area contributed by atoms with E-state index in [4.69, 9.17) is 9.83 Å². The van der Waals surface area contributed by atoms with Crippen LogP contribution in [0.5, 0.6) is 0 Å². The number of carbonyl (C=O) groups is 1. The Morgan fingerprint density at radius 2 is 1.97 bits per heavy atom. The van der Waals surface area contributed by atoms with E-state index in [1.807, 2.05) is 26.0 Å². The zero-order valence-electron chi connectivity index (χ0n) is 17.2. The Hall–Kier alpha value is -3.65. The van der Waals surface area contributed by atoms with Crippen LogP contribution in [0.4, 0.5) is 0 Å². The number of hydrogen-bond acceptors (Lipinski definition) is 5. The zero-order chi connectivity index (χ0) is 21.7. The molecule has 1 N–H and O–H groups in total. The minimum atomic E-state index is -0.444. The number of hydrazone groups is 1. The number of nitrogens with zero attached hydrogens (tertiary/aromatic N) is 4. The highest BCUT2D eigenvalue weighted by Gasteiger charge is 2.36. The second-order valence-electron chi connectivity index (χ2n) is 7.40. The summed E-state index contributed by atoms with van der Waals surface area (Å²) in [5.41, 5.74) is 5.35. The fourth-order valence-electron chi connectivity index (χ4n) is 3.75. The zero-order valence-corrected chi connectivity index (χ0v) is 18.0. The summed E-state index contributed by atoms with van der Waals surface area (Å²) in [5.74, 6) is 0.138. The molecule has 3 aromatic rings. The van der Waals surface area contributed by atoms with Gasteiger partial charge in [0.2, 0.25) is 5.17 Å². The molecule has 0 bridgehead atoms. The Labute approximate surface area is 183 Å². The van der Waals surface area contributed by atoms with Crippen LogP contribution in [0.2, 0.25) is 0 Å². The van der Waals surface area contributed by atoms with E-state index in [1.54, 1.807) is 24.5 Å². The van der Waals surface area contributed by atoms with E-state index < -0.39 is 5.91 Å². The molecule has 2 aromatic heterocycles. The Morgan fingerprint density at radius 3 is 2.71 bits per heavy atom. The summed E-state index contributed by atoms with van der Waals surface area (Å²) in [6, 6.07) is 13.8. The summed E-state index contributed by atoms with van der Waals surface area (Å²) in [6.45, 7) is 6.09. The largest absolute Gasteiger partial charge is 0.462 e. The predicted octanol–water partition coefficient (Wildman–Crippen LogP) is 4.66. The second-order valence-corrected chi connectivity index (χ2v) is 8.36. The number of benzene rings is 1. The van der Waals surface area contributed by atoms with Crippen LogP contribution >= 0.6 is 11.8 Å². The van der Waals surface area contributed by atoms with Crippen molar-refractivity contribution in [1.29, 1.82) is 5.41 Å². The molecule has 0 aliphatic carbocycles. The Kier molecular flexibility index (Phi) is 4.51. The molecule has 0 saturated heterocycles. The number of rotatable bonds is 3. The molecule has 0 unspecified atom stereocenters. The maximum absolute atomic E-state index is 12.7. The average molecular weight is 430 g/mol. The van der Waals surface area contributed by atoms with Crippen molar-refractivity contribution in [3.63, 3.8) is 0 Å².